The molecule has 0 aromatic heterocycles. The molecule has 0 fully saturated rings. The van der Waals surface area contributed by atoms with Gasteiger partial charge in [0.05, 0.1) is 11.0 Å². The molecule has 0 spiro atoms. The van der Waals surface area contributed by atoms with E-state index in [1.54, 1.807) is 36.4 Å². The number of hydrogen-bond acceptors (Lipinski definition) is 3. The topological polar surface area (TPSA) is 66.4 Å². The van der Waals surface area contributed by atoms with Crippen LogP contribution in [-0.2, 0) is 10.0 Å². The Kier molecular flexibility index (Phi) is 3.85. The molecule has 1 aliphatic rings. The van der Waals surface area contributed by atoms with Gasteiger partial charge in [0.15, 0.2) is 0 Å². The molecule has 2 N–H and O–H groups in total. The van der Waals surface area contributed by atoms with Gasteiger partial charge in [0, 0.05) is 6.04 Å². The lowest BCUT2D eigenvalue weighted by Gasteiger charge is -2.20. The van der Waals surface area contributed by atoms with Gasteiger partial charge < -0.3 is 5.11 Å². The third kappa shape index (κ3) is 3.19. The van der Waals surface area contributed by atoms with E-state index in [2.05, 4.69) is 4.72 Å². The van der Waals surface area contributed by atoms with Gasteiger partial charge in [-0.2, -0.15) is 0 Å². The van der Waals surface area contributed by atoms with E-state index < -0.39 is 16.1 Å². The molecule has 0 saturated heterocycles. The van der Waals surface area contributed by atoms with E-state index in [-0.39, 0.29) is 10.9 Å². The minimum atomic E-state index is -3.48. The molecule has 1 aliphatic carbocycles. The average Bonchev–Trinajstić information content (AvgIpc) is 2.32. The van der Waals surface area contributed by atoms with Crippen molar-refractivity contribution in [3.05, 3.63) is 42.0 Å². The normalized spacial score (nSPS) is 24.1. The van der Waals surface area contributed by atoms with Crippen LogP contribution < -0.4 is 4.72 Å². The highest BCUT2D eigenvalue weighted by molar-refractivity contribution is 7.89. The zero-order valence-corrected chi connectivity index (χ0v) is 11.0. The molecule has 0 heterocycles. The predicted octanol–water partition coefficient (Wildman–Crippen LogP) is 1.35. The van der Waals surface area contributed by atoms with Crippen molar-refractivity contribution in [1.29, 1.82) is 0 Å². The highest BCUT2D eigenvalue weighted by Gasteiger charge is 2.21. The minimum Gasteiger partial charge on any atom is -0.389 e. The lowest BCUT2D eigenvalue weighted by Crippen LogP contribution is -2.35. The summed E-state index contributed by atoms with van der Waals surface area (Å²) in [6.45, 7) is 1.91. The van der Waals surface area contributed by atoms with Crippen LogP contribution in [0.25, 0.3) is 0 Å². The molecule has 5 heteroatoms. The standard InChI is InChI=1S/C13H17NO3S/c1-10-2-8-13(9-3-10)18(16,17)14-11-4-6-12(15)7-5-11/h2-4,6,8-9,11-12,14-15H,5,7H2,1H3/t11-,12-/m1/s1. The molecule has 0 unspecified atom stereocenters. The first-order chi connectivity index (χ1) is 8.47. The molecule has 0 saturated carbocycles. The fraction of sp³-hybridized carbons (Fsp3) is 0.385. The Bertz CT molecular complexity index is 534. The van der Waals surface area contributed by atoms with E-state index in [1.165, 1.54) is 0 Å². The Morgan fingerprint density at radius 1 is 1.17 bits per heavy atom. The van der Waals surface area contributed by atoms with E-state index in [4.69, 9.17) is 0 Å². The van der Waals surface area contributed by atoms with Crippen molar-refractivity contribution in [1.82, 2.24) is 4.72 Å². The van der Waals surface area contributed by atoms with E-state index in [0.717, 1.165) is 5.56 Å². The van der Waals surface area contributed by atoms with Crippen molar-refractivity contribution < 1.29 is 13.5 Å². The fourth-order valence-corrected chi connectivity index (χ4v) is 3.11. The molecule has 98 valence electrons. The summed E-state index contributed by atoms with van der Waals surface area (Å²) in [5, 5.41) is 9.31. The lowest BCUT2D eigenvalue weighted by atomic mass is 10.0. The molecule has 1 aromatic rings. The number of aliphatic hydroxyl groups is 1. The van der Waals surface area contributed by atoms with Crippen LogP contribution in [0.3, 0.4) is 0 Å². The molecule has 0 aliphatic heterocycles. The van der Waals surface area contributed by atoms with Crippen molar-refractivity contribution in [3.63, 3.8) is 0 Å². The molecule has 2 rings (SSSR count). The summed E-state index contributed by atoms with van der Waals surface area (Å²) in [4.78, 5) is 0.271. The van der Waals surface area contributed by atoms with Gasteiger partial charge in [0.25, 0.3) is 0 Å². The molecular formula is C13H17NO3S. The summed E-state index contributed by atoms with van der Waals surface area (Å²) in [7, 11) is -3.48. The average molecular weight is 267 g/mol. The maximum absolute atomic E-state index is 12.1. The summed E-state index contributed by atoms with van der Waals surface area (Å²) < 4.78 is 26.8. The summed E-state index contributed by atoms with van der Waals surface area (Å²) in [5.41, 5.74) is 1.02. The number of hydrogen-bond donors (Lipinski definition) is 2. The van der Waals surface area contributed by atoms with Gasteiger partial charge in [-0.15, -0.1) is 0 Å². The zero-order chi connectivity index (χ0) is 13.2. The summed E-state index contributed by atoms with van der Waals surface area (Å²) >= 11 is 0. The third-order valence-corrected chi connectivity index (χ3v) is 4.48. The molecule has 18 heavy (non-hydrogen) atoms. The Balaban J connectivity index is 2.12. The molecule has 0 bridgehead atoms. The lowest BCUT2D eigenvalue weighted by molar-refractivity contribution is 0.200. The third-order valence-electron chi connectivity index (χ3n) is 2.98. The maximum Gasteiger partial charge on any atom is 0.241 e. The van der Waals surface area contributed by atoms with Crippen molar-refractivity contribution in [3.8, 4) is 0 Å². The monoisotopic (exact) mass is 267 g/mol. The number of benzene rings is 1. The van der Waals surface area contributed by atoms with E-state index in [9.17, 15) is 13.5 Å². The van der Waals surface area contributed by atoms with Crippen LogP contribution in [0.4, 0.5) is 0 Å². The van der Waals surface area contributed by atoms with Crippen LogP contribution in [0, 0.1) is 6.92 Å². The quantitative estimate of drug-likeness (QED) is 0.812. The SMILES string of the molecule is Cc1ccc(S(=O)(=O)N[C@@H]2C=C[C@@H](O)CC2)cc1. The molecule has 1 aromatic carbocycles. The largest absolute Gasteiger partial charge is 0.389 e. The van der Waals surface area contributed by atoms with E-state index >= 15 is 0 Å². The molecule has 0 radical (unpaired) electrons. The van der Waals surface area contributed by atoms with Crippen LogP contribution in [-0.4, -0.2) is 25.7 Å². The fourth-order valence-electron chi connectivity index (χ4n) is 1.89. The van der Waals surface area contributed by atoms with Gasteiger partial charge in [-0.1, -0.05) is 29.8 Å². The highest BCUT2D eigenvalue weighted by atomic mass is 32.2. The van der Waals surface area contributed by atoms with Gasteiger partial charge in [0.2, 0.25) is 10.0 Å². The van der Waals surface area contributed by atoms with Crippen LogP contribution in [0.5, 0.6) is 0 Å². The first-order valence-electron chi connectivity index (χ1n) is 5.93. The maximum atomic E-state index is 12.1. The number of nitrogens with one attached hydrogen (secondary N) is 1. The van der Waals surface area contributed by atoms with Crippen LogP contribution in [0.2, 0.25) is 0 Å². The number of rotatable bonds is 3. The Morgan fingerprint density at radius 3 is 2.39 bits per heavy atom. The van der Waals surface area contributed by atoms with E-state index in [1.807, 2.05) is 6.92 Å². The smallest absolute Gasteiger partial charge is 0.241 e. The second-order valence-corrected chi connectivity index (χ2v) is 6.28. The molecule has 0 amide bonds. The van der Waals surface area contributed by atoms with Crippen molar-refractivity contribution in [2.24, 2.45) is 0 Å². The number of aryl methyl sites for hydroxylation is 1. The summed E-state index contributed by atoms with van der Waals surface area (Å²) in [6.07, 6.45) is 4.08. The van der Waals surface area contributed by atoms with Crippen molar-refractivity contribution in [2.45, 2.75) is 36.8 Å². The zero-order valence-electron chi connectivity index (χ0n) is 10.2. The van der Waals surface area contributed by atoms with Crippen molar-refractivity contribution in [2.75, 3.05) is 0 Å². The first-order valence-corrected chi connectivity index (χ1v) is 7.41. The second kappa shape index (κ2) is 5.22. The highest BCUT2D eigenvalue weighted by Crippen LogP contribution is 2.15. The molecule has 4 nitrogen and oxygen atoms in total. The Hall–Kier alpha value is -1.17. The van der Waals surface area contributed by atoms with Crippen LogP contribution in [0.1, 0.15) is 18.4 Å². The molecule has 2 atom stereocenters. The van der Waals surface area contributed by atoms with Gasteiger partial charge in [0.1, 0.15) is 0 Å². The van der Waals surface area contributed by atoms with Crippen LogP contribution >= 0.6 is 0 Å². The Labute approximate surface area is 107 Å². The van der Waals surface area contributed by atoms with Crippen LogP contribution in [0.15, 0.2) is 41.3 Å². The van der Waals surface area contributed by atoms with E-state index in [0.29, 0.717) is 12.8 Å². The van der Waals surface area contributed by atoms with Gasteiger partial charge >= 0.3 is 0 Å². The summed E-state index contributed by atoms with van der Waals surface area (Å²) in [6, 6.07) is 6.50. The predicted molar refractivity (Wildman–Crippen MR) is 69.7 cm³/mol. The Morgan fingerprint density at radius 2 is 1.83 bits per heavy atom. The summed E-state index contributed by atoms with van der Waals surface area (Å²) in [5.74, 6) is 0. The number of aliphatic hydroxyl groups excluding tert-OH is 1. The first kappa shape index (κ1) is 13.3. The second-order valence-electron chi connectivity index (χ2n) is 4.57. The van der Waals surface area contributed by atoms with Gasteiger partial charge in [-0.3, -0.25) is 0 Å². The van der Waals surface area contributed by atoms with Gasteiger partial charge in [-0.25, -0.2) is 13.1 Å². The van der Waals surface area contributed by atoms with Crippen molar-refractivity contribution >= 4 is 10.0 Å². The number of sulfonamides is 1. The molecular weight excluding hydrogens is 250 g/mol. The minimum absolute atomic E-state index is 0.236. The van der Waals surface area contributed by atoms with Gasteiger partial charge in [-0.05, 0) is 31.9 Å².